The first kappa shape index (κ1) is 14.0. The Hall–Kier alpha value is -2.11. The summed E-state index contributed by atoms with van der Waals surface area (Å²) in [6, 6.07) is 4.36. The largest absolute Gasteiger partial charge is 0.465 e. The number of carbonyl (C=O) groups is 1. The van der Waals surface area contributed by atoms with E-state index >= 15 is 0 Å². The molecule has 0 unspecified atom stereocenters. The van der Waals surface area contributed by atoms with Crippen LogP contribution in [0.25, 0.3) is 0 Å². The summed E-state index contributed by atoms with van der Waals surface area (Å²) in [5, 5.41) is 11.0. The number of esters is 1. The molecule has 1 aromatic carbocycles. The fourth-order valence-electron chi connectivity index (χ4n) is 1.75. The van der Waals surface area contributed by atoms with Crippen molar-refractivity contribution in [1.82, 2.24) is 0 Å². The van der Waals surface area contributed by atoms with Crippen LogP contribution in [0.4, 0.5) is 11.4 Å². The molecule has 0 spiro atoms. The van der Waals surface area contributed by atoms with Crippen molar-refractivity contribution in [1.29, 1.82) is 0 Å². The van der Waals surface area contributed by atoms with Gasteiger partial charge >= 0.3 is 5.97 Å². The molecule has 0 N–H and O–H groups in total. The molecule has 0 fully saturated rings. The molecule has 1 rings (SSSR count). The molecule has 0 radical (unpaired) electrons. The lowest BCUT2D eigenvalue weighted by Gasteiger charge is -2.20. The number of rotatable bonds is 5. The average molecular weight is 252 g/mol. The topological polar surface area (TPSA) is 72.7 Å². The van der Waals surface area contributed by atoms with Crippen LogP contribution >= 0.6 is 0 Å². The maximum Gasteiger partial charge on any atom is 0.338 e. The molecule has 18 heavy (non-hydrogen) atoms. The molecule has 6 nitrogen and oxygen atoms in total. The van der Waals surface area contributed by atoms with Crippen LogP contribution in [0.2, 0.25) is 0 Å². The van der Waals surface area contributed by atoms with Crippen LogP contribution in [-0.2, 0) is 4.74 Å². The second kappa shape index (κ2) is 6.00. The Balaban J connectivity index is 3.28. The van der Waals surface area contributed by atoms with E-state index in [1.54, 1.807) is 6.07 Å². The summed E-state index contributed by atoms with van der Waals surface area (Å²) in [6.45, 7) is 5.16. The number of hydrogen-bond donors (Lipinski definition) is 0. The number of nitro groups is 1. The third-order valence-electron chi connectivity index (χ3n) is 2.70. The van der Waals surface area contributed by atoms with Gasteiger partial charge in [-0.15, -0.1) is 0 Å². The van der Waals surface area contributed by atoms with Gasteiger partial charge in [-0.2, -0.15) is 0 Å². The van der Waals surface area contributed by atoms with Crippen molar-refractivity contribution in [2.75, 3.05) is 25.1 Å². The SMILES string of the molecule is CCN(CC)c1ccc(C(=O)OC)cc1[N+](=O)[O-]. The number of ether oxygens (including phenoxy) is 1. The molecule has 0 saturated heterocycles. The smallest absolute Gasteiger partial charge is 0.338 e. The van der Waals surface area contributed by atoms with Gasteiger partial charge < -0.3 is 9.64 Å². The van der Waals surface area contributed by atoms with Crippen LogP contribution in [0.3, 0.4) is 0 Å². The van der Waals surface area contributed by atoms with Gasteiger partial charge in [0.25, 0.3) is 5.69 Å². The molecule has 0 saturated carbocycles. The molecule has 0 aromatic heterocycles. The molecule has 98 valence electrons. The molecular formula is C12H16N2O4. The number of nitro benzene ring substituents is 1. The van der Waals surface area contributed by atoms with Crippen LogP contribution in [0.15, 0.2) is 18.2 Å². The van der Waals surface area contributed by atoms with E-state index < -0.39 is 10.9 Å². The van der Waals surface area contributed by atoms with Crippen LogP contribution in [0.5, 0.6) is 0 Å². The number of anilines is 1. The predicted octanol–water partition coefficient (Wildman–Crippen LogP) is 2.23. The molecule has 0 aliphatic heterocycles. The third-order valence-corrected chi connectivity index (χ3v) is 2.70. The molecule has 6 heteroatoms. The highest BCUT2D eigenvalue weighted by Crippen LogP contribution is 2.29. The third kappa shape index (κ3) is 2.77. The van der Waals surface area contributed by atoms with E-state index in [2.05, 4.69) is 4.74 Å². The average Bonchev–Trinajstić information content (AvgIpc) is 2.39. The summed E-state index contributed by atoms with van der Waals surface area (Å²) >= 11 is 0. The summed E-state index contributed by atoms with van der Waals surface area (Å²) in [7, 11) is 1.24. The van der Waals surface area contributed by atoms with Crippen molar-refractivity contribution in [3.63, 3.8) is 0 Å². The number of methoxy groups -OCH3 is 1. The van der Waals surface area contributed by atoms with Crippen LogP contribution < -0.4 is 4.90 Å². The summed E-state index contributed by atoms with van der Waals surface area (Å²) in [6.07, 6.45) is 0. The Morgan fingerprint density at radius 3 is 2.44 bits per heavy atom. The van der Waals surface area contributed by atoms with Gasteiger partial charge in [0.15, 0.2) is 0 Å². The Bertz CT molecular complexity index is 455. The standard InChI is InChI=1S/C12H16N2O4/c1-4-13(5-2)10-7-6-9(12(15)18-3)8-11(10)14(16)17/h6-8H,4-5H2,1-3H3. The van der Waals surface area contributed by atoms with Crippen molar-refractivity contribution >= 4 is 17.3 Å². The molecular weight excluding hydrogens is 236 g/mol. The lowest BCUT2D eigenvalue weighted by atomic mass is 10.1. The Labute approximate surface area is 105 Å². The zero-order valence-corrected chi connectivity index (χ0v) is 10.7. The minimum absolute atomic E-state index is 0.0819. The van der Waals surface area contributed by atoms with Crippen molar-refractivity contribution < 1.29 is 14.5 Å². The molecule has 0 atom stereocenters. The quantitative estimate of drug-likeness (QED) is 0.456. The predicted molar refractivity (Wildman–Crippen MR) is 68.0 cm³/mol. The second-order valence-corrected chi connectivity index (χ2v) is 3.62. The molecule has 1 aromatic rings. The molecule has 0 amide bonds. The van der Waals surface area contributed by atoms with Gasteiger partial charge in [-0.3, -0.25) is 10.1 Å². The number of carbonyl (C=O) groups excluding carboxylic acids is 1. The van der Waals surface area contributed by atoms with E-state index in [1.165, 1.54) is 19.2 Å². The minimum atomic E-state index is -0.579. The zero-order chi connectivity index (χ0) is 13.7. The first-order valence-electron chi connectivity index (χ1n) is 5.66. The molecule has 0 bridgehead atoms. The van der Waals surface area contributed by atoms with E-state index in [9.17, 15) is 14.9 Å². The monoisotopic (exact) mass is 252 g/mol. The molecule has 0 aliphatic carbocycles. The van der Waals surface area contributed by atoms with Crippen LogP contribution in [0, 0.1) is 10.1 Å². The van der Waals surface area contributed by atoms with Crippen molar-refractivity contribution in [2.45, 2.75) is 13.8 Å². The minimum Gasteiger partial charge on any atom is -0.465 e. The van der Waals surface area contributed by atoms with E-state index in [1.807, 2.05) is 18.7 Å². The van der Waals surface area contributed by atoms with Crippen LogP contribution in [-0.4, -0.2) is 31.1 Å². The summed E-state index contributed by atoms with van der Waals surface area (Å²) in [4.78, 5) is 23.8. The highest BCUT2D eigenvalue weighted by Gasteiger charge is 2.20. The normalized spacial score (nSPS) is 9.94. The van der Waals surface area contributed by atoms with Gasteiger partial charge in [0.05, 0.1) is 17.6 Å². The Morgan fingerprint density at radius 1 is 1.39 bits per heavy atom. The van der Waals surface area contributed by atoms with Gasteiger partial charge in [0.1, 0.15) is 5.69 Å². The number of nitrogens with zero attached hydrogens (tertiary/aromatic N) is 2. The van der Waals surface area contributed by atoms with Crippen molar-refractivity contribution in [2.24, 2.45) is 0 Å². The Morgan fingerprint density at radius 2 is 2.00 bits per heavy atom. The first-order valence-corrected chi connectivity index (χ1v) is 5.66. The highest BCUT2D eigenvalue weighted by molar-refractivity contribution is 5.91. The zero-order valence-electron chi connectivity index (χ0n) is 10.7. The highest BCUT2D eigenvalue weighted by atomic mass is 16.6. The number of hydrogen-bond acceptors (Lipinski definition) is 5. The summed E-state index contributed by atoms with van der Waals surface area (Å²) in [5.74, 6) is -0.579. The second-order valence-electron chi connectivity index (χ2n) is 3.62. The van der Waals surface area contributed by atoms with E-state index in [-0.39, 0.29) is 11.3 Å². The lowest BCUT2D eigenvalue weighted by molar-refractivity contribution is -0.384. The lowest BCUT2D eigenvalue weighted by Crippen LogP contribution is -2.23. The summed E-state index contributed by atoms with van der Waals surface area (Å²) in [5.41, 5.74) is 0.611. The van der Waals surface area contributed by atoms with Gasteiger partial charge in [-0.25, -0.2) is 4.79 Å². The van der Waals surface area contributed by atoms with Crippen molar-refractivity contribution in [3.8, 4) is 0 Å². The van der Waals surface area contributed by atoms with E-state index in [0.717, 1.165) is 0 Å². The maximum absolute atomic E-state index is 11.4. The van der Waals surface area contributed by atoms with Gasteiger partial charge in [0, 0.05) is 19.2 Å². The van der Waals surface area contributed by atoms with Crippen LogP contribution in [0.1, 0.15) is 24.2 Å². The molecule has 0 aliphatic rings. The fraction of sp³-hybridized carbons (Fsp3) is 0.417. The molecule has 0 heterocycles. The van der Waals surface area contributed by atoms with Gasteiger partial charge in [-0.1, -0.05) is 0 Å². The fourth-order valence-corrected chi connectivity index (χ4v) is 1.75. The van der Waals surface area contributed by atoms with Gasteiger partial charge in [0.2, 0.25) is 0 Å². The van der Waals surface area contributed by atoms with E-state index in [4.69, 9.17) is 0 Å². The van der Waals surface area contributed by atoms with Crippen molar-refractivity contribution in [3.05, 3.63) is 33.9 Å². The van der Waals surface area contributed by atoms with Gasteiger partial charge in [-0.05, 0) is 26.0 Å². The van der Waals surface area contributed by atoms with E-state index in [0.29, 0.717) is 18.8 Å². The first-order chi connectivity index (χ1) is 8.54. The Kier molecular flexibility index (Phi) is 4.65. The maximum atomic E-state index is 11.4. The number of benzene rings is 1. The summed E-state index contributed by atoms with van der Waals surface area (Å²) < 4.78 is 4.55.